The van der Waals surface area contributed by atoms with Crippen LogP contribution in [-0.2, 0) is 19.1 Å². The van der Waals surface area contributed by atoms with Crippen molar-refractivity contribution in [2.75, 3.05) is 0 Å². The van der Waals surface area contributed by atoms with Gasteiger partial charge in [0, 0.05) is 24.8 Å². The lowest BCUT2D eigenvalue weighted by Gasteiger charge is -2.28. The smallest absolute Gasteiger partial charge is 0.330 e. The first-order chi connectivity index (χ1) is 8.05. The zero-order valence-corrected chi connectivity index (χ0v) is 9.14. The molecule has 0 aromatic rings. The van der Waals surface area contributed by atoms with Crippen LogP contribution in [0.2, 0.25) is 0 Å². The molecule has 3 aliphatic rings. The van der Waals surface area contributed by atoms with Crippen molar-refractivity contribution in [3.05, 3.63) is 12.7 Å². The molecule has 3 fully saturated rings. The number of esters is 2. The number of carbonyl (C=O) groups is 2. The molecule has 2 bridgehead atoms. The molecule has 3 rings (SSSR count). The van der Waals surface area contributed by atoms with E-state index in [1.807, 2.05) is 0 Å². The van der Waals surface area contributed by atoms with Gasteiger partial charge in [-0.25, -0.2) is 4.79 Å². The van der Waals surface area contributed by atoms with Crippen molar-refractivity contribution in [1.82, 2.24) is 0 Å². The Hall–Kier alpha value is -1.83. The van der Waals surface area contributed by atoms with Crippen LogP contribution >= 0.6 is 0 Å². The summed E-state index contributed by atoms with van der Waals surface area (Å²) in [6.45, 7) is 3.35. The number of nitriles is 1. The molecule has 17 heavy (non-hydrogen) atoms. The fraction of sp³-hybridized carbons (Fsp3) is 0.583. The Labute approximate surface area is 98.0 Å². The van der Waals surface area contributed by atoms with E-state index in [1.165, 1.54) is 0 Å². The lowest BCUT2D eigenvalue weighted by Crippen LogP contribution is -2.38. The second-order valence-electron chi connectivity index (χ2n) is 5.03. The van der Waals surface area contributed by atoms with Gasteiger partial charge in [0.05, 0.1) is 6.07 Å². The van der Waals surface area contributed by atoms with Gasteiger partial charge in [-0.1, -0.05) is 6.58 Å². The van der Waals surface area contributed by atoms with Gasteiger partial charge in [0.1, 0.15) is 11.7 Å². The second-order valence-corrected chi connectivity index (χ2v) is 5.03. The molecule has 2 aliphatic carbocycles. The van der Waals surface area contributed by atoms with Crippen molar-refractivity contribution in [1.29, 1.82) is 5.26 Å². The van der Waals surface area contributed by atoms with Crippen molar-refractivity contribution >= 4 is 11.9 Å². The van der Waals surface area contributed by atoms with Crippen molar-refractivity contribution < 1.29 is 19.1 Å². The summed E-state index contributed by atoms with van der Waals surface area (Å²) in [5.41, 5.74) is -1.80. The fourth-order valence-electron chi connectivity index (χ4n) is 3.53. The minimum absolute atomic E-state index is 0.127. The van der Waals surface area contributed by atoms with Gasteiger partial charge >= 0.3 is 11.9 Å². The maximum Gasteiger partial charge on any atom is 0.330 e. The van der Waals surface area contributed by atoms with Gasteiger partial charge in [-0.05, 0) is 6.42 Å². The standard InChI is InChI=1S/C12H11NO4/c1-2-9(14)17-11-3-7-8(4-11)16-10(15)12(7,5-11)6-13/h2,7-8H,1,3-5H2. The van der Waals surface area contributed by atoms with Crippen LogP contribution in [0.25, 0.3) is 0 Å². The average Bonchev–Trinajstić information content (AvgIpc) is 2.84. The van der Waals surface area contributed by atoms with Crippen LogP contribution in [-0.4, -0.2) is 23.6 Å². The van der Waals surface area contributed by atoms with Crippen molar-refractivity contribution in [3.8, 4) is 6.07 Å². The van der Waals surface area contributed by atoms with Crippen LogP contribution in [0.15, 0.2) is 12.7 Å². The summed E-state index contributed by atoms with van der Waals surface area (Å²) >= 11 is 0. The summed E-state index contributed by atoms with van der Waals surface area (Å²) in [4.78, 5) is 23.0. The highest BCUT2D eigenvalue weighted by atomic mass is 16.6. The third-order valence-corrected chi connectivity index (χ3v) is 4.15. The first kappa shape index (κ1) is 10.3. The minimum Gasteiger partial charge on any atom is -0.461 e. The summed E-state index contributed by atoms with van der Waals surface area (Å²) in [6, 6.07) is 2.07. The van der Waals surface area contributed by atoms with Gasteiger partial charge in [0.15, 0.2) is 5.41 Å². The predicted molar refractivity (Wildman–Crippen MR) is 54.3 cm³/mol. The molecule has 1 saturated heterocycles. The monoisotopic (exact) mass is 233 g/mol. The van der Waals surface area contributed by atoms with Crippen molar-refractivity contribution in [2.24, 2.45) is 11.3 Å². The maximum absolute atomic E-state index is 11.7. The fourth-order valence-corrected chi connectivity index (χ4v) is 3.53. The Morgan fingerprint density at radius 3 is 3.00 bits per heavy atom. The zero-order chi connectivity index (χ0) is 12.3. The van der Waals surface area contributed by atoms with Crippen LogP contribution < -0.4 is 0 Å². The molecule has 1 aliphatic heterocycles. The van der Waals surface area contributed by atoms with Gasteiger partial charge in [-0.3, -0.25) is 4.79 Å². The molecule has 0 radical (unpaired) electrons. The summed E-state index contributed by atoms with van der Waals surface area (Å²) in [7, 11) is 0. The Morgan fingerprint density at radius 1 is 1.65 bits per heavy atom. The molecule has 4 unspecified atom stereocenters. The molecule has 0 aromatic carbocycles. The zero-order valence-electron chi connectivity index (χ0n) is 9.14. The second kappa shape index (κ2) is 2.89. The van der Waals surface area contributed by atoms with E-state index in [1.54, 1.807) is 0 Å². The quantitative estimate of drug-likeness (QED) is 0.518. The molecule has 5 nitrogen and oxygen atoms in total. The molecule has 0 aromatic heterocycles. The number of ether oxygens (including phenoxy) is 2. The van der Waals surface area contributed by atoms with E-state index in [9.17, 15) is 14.9 Å². The molecule has 0 amide bonds. The van der Waals surface area contributed by atoms with E-state index in [2.05, 4.69) is 12.6 Å². The number of hydrogen-bond acceptors (Lipinski definition) is 5. The van der Waals surface area contributed by atoms with Crippen LogP contribution in [0, 0.1) is 22.7 Å². The lowest BCUT2D eigenvalue weighted by molar-refractivity contribution is -0.153. The third kappa shape index (κ3) is 1.08. The van der Waals surface area contributed by atoms with Crippen LogP contribution in [0.4, 0.5) is 0 Å². The van der Waals surface area contributed by atoms with Gasteiger partial charge < -0.3 is 9.47 Å². The average molecular weight is 233 g/mol. The first-order valence-electron chi connectivity index (χ1n) is 5.53. The first-order valence-corrected chi connectivity index (χ1v) is 5.53. The number of nitrogens with zero attached hydrogens (tertiary/aromatic N) is 1. The van der Waals surface area contributed by atoms with Gasteiger partial charge in [0.2, 0.25) is 0 Å². The molecular weight excluding hydrogens is 222 g/mol. The lowest BCUT2D eigenvalue weighted by atomic mass is 9.75. The van der Waals surface area contributed by atoms with E-state index in [0.717, 1.165) is 6.08 Å². The van der Waals surface area contributed by atoms with Gasteiger partial charge in [-0.15, -0.1) is 0 Å². The summed E-state index contributed by atoms with van der Waals surface area (Å²) < 4.78 is 10.5. The molecule has 5 heteroatoms. The molecule has 1 heterocycles. The van der Waals surface area contributed by atoms with E-state index in [4.69, 9.17) is 9.47 Å². The maximum atomic E-state index is 11.7. The van der Waals surface area contributed by atoms with E-state index in [-0.39, 0.29) is 18.4 Å². The highest BCUT2D eigenvalue weighted by molar-refractivity contribution is 5.86. The largest absolute Gasteiger partial charge is 0.461 e. The molecule has 0 N–H and O–H groups in total. The number of fused-ring (bicyclic) bond motifs is 1. The van der Waals surface area contributed by atoms with Crippen LogP contribution in [0.1, 0.15) is 19.3 Å². The Kier molecular flexibility index (Phi) is 1.76. The highest BCUT2D eigenvalue weighted by Crippen LogP contribution is 2.64. The summed E-state index contributed by atoms with van der Waals surface area (Å²) in [5.74, 6) is -1.09. The van der Waals surface area contributed by atoms with Crippen molar-refractivity contribution in [2.45, 2.75) is 31.0 Å². The van der Waals surface area contributed by atoms with Crippen molar-refractivity contribution in [3.63, 3.8) is 0 Å². The minimum atomic E-state index is -1.09. The Morgan fingerprint density at radius 2 is 2.41 bits per heavy atom. The summed E-state index contributed by atoms with van der Waals surface area (Å²) in [5, 5.41) is 9.23. The van der Waals surface area contributed by atoms with Gasteiger partial charge in [-0.2, -0.15) is 5.26 Å². The molecule has 88 valence electrons. The van der Waals surface area contributed by atoms with E-state index >= 15 is 0 Å². The van der Waals surface area contributed by atoms with Gasteiger partial charge in [0.25, 0.3) is 0 Å². The number of carbonyl (C=O) groups excluding carboxylic acids is 2. The highest BCUT2D eigenvalue weighted by Gasteiger charge is 2.74. The molecular formula is C12H11NO4. The Balaban J connectivity index is 1.95. The topological polar surface area (TPSA) is 76.4 Å². The normalized spacial score (nSPS) is 45.2. The van der Waals surface area contributed by atoms with E-state index in [0.29, 0.717) is 12.8 Å². The predicted octanol–water partition coefficient (Wildman–Crippen LogP) is 0.703. The SMILES string of the molecule is C=CC(=O)OC12CC3OC(=O)C(C#N)(C1)C3C2. The van der Waals surface area contributed by atoms with E-state index < -0.39 is 23.0 Å². The van der Waals surface area contributed by atoms with Crippen LogP contribution in [0.3, 0.4) is 0 Å². The summed E-state index contributed by atoms with van der Waals surface area (Å²) in [6.07, 6.45) is 2.14. The number of hydrogen-bond donors (Lipinski definition) is 0. The molecule has 2 saturated carbocycles. The third-order valence-electron chi connectivity index (χ3n) is 4.15. The molecule has 4 atom stereocenters. The van der Waals surface area contributed by atoms with Crippen LogP contribution in [0.5, 0.6) is 0 Å². The molecule has 0 spiro atoms. The Bertz CT molecular complexity index is 479. The number of rotatable bonds is 2.